The Balaban J connectivity index is 1.30. The van der Waals surface area contributed by atoms with Crippen molar-refractivity contribution >= 4 is 45.7 Å². The van der Waals surface area contributed by atoms with E-state index in [2.05, 4.69) is 26.6 Å². The van der Waals surface area contributed by atoms with E-state index in [0.29, 0.717) is 27.7 Å². The molecule has 0 unspecified atom stereocenters. The first-order valence-electron chi connectivity index (χ1n) is 10.1. The smallest absolute Gasteiger partial charge is 0.236 e. The summed E-state index contributed by atoms with van der Waals surface area (Å²) >= 11 is 8.62. The zero-order valence-corrected chi connectivity index (χ0v) is 20.7. The maximum atomic E-state index is 12.4. The topological polar surface area (TPSA) is 81.9 Å². The van der Waals surface area contributed by atoms with Crippen molar-refractivity contribution in [2.75, 3.05) is 11.1 Å². The molecule has 7 nitrogen and oxygen atoms in total. The monoisotopic (exact) mass is 499 g/mol. The maximum absolute atomic E-state index is 12.4. The molecule has 0 saturated carbocycles. The van der Waals surface area contributed by atoms with Crippen LogP contribution < -0.4 is 10.1 Å². The van der Waals surface area contributed by atoms with Crippen LogP contribution in [0.5, 0.6) is 5.75 Å². The fraction of sp³-hybridized carbons (Fsp3) is 0.217. The number of hydrogen-bond acceptors (Lipinski definition) is 7. The molecule has 0 aliphatic heterocycles. The average Bonchev–Trinajstić information content (AvgIpc) is 3.40. The van der Waals surface area contributed by atoms with Crippen molar-refractivity contribution in [2.24, 2.45) is 7.05 Å². The molecule has 4 rings (SSSR count). The Labute approximate surface area is 205 Å². The first-order chi connectivity index (χ1) is 15.9. The molecule has 4 aromatic rings. The van der Waals surface area contributed by atoms with E-state index in [1.165, 1.54) is 23.1 Å². The van der Waals surface area contributed by atoms with E-state index in [-0.39, 0.29) is 11.7 Å². The van der Waals surface area contributed by atoms with Gasteiger partial charge in [-0.3, -0.25) is 4.79 Å². The second-order valence-electron chi connectivity index (χ2n) is 7.40. The summed E-state index contributed by atoms with van der Waals surface area (Å²) in [6.07, 6.45) is 0. The van der Waals surface area contributed by atoms with Crippen LogP contribution in [0.1, 0.15) is 17.0 Å². The van der Waals surface area contributed by atoms with Crippen molar-refractivity contribution in [1.29, 1.82) is 0 Å². The molecule has 2 aromatic heterocycles. The van der Waals surface area contributed by atoms with Gasteiger partial charge in [-0.05, 0) is 43.2 Å². The lowest BCUT2D eigenvalue weighted by molar-refractivity contribution is -0.113. The first-order valence-corrected chi connectivity index (χ1v) is 12.4. The second-order valence-corrected chi connectivity index (χ2v) is 9.63. The number of nitrogens with zero attached hydrogens (tertiary/aromatic N) is 4. The average molecular weight is 500 g/mol. The van der Waals surface area contributed by atoms with Crippen molar-refractivity contribution in [3.63, 3.8) is 0 Å². The van der Waals surface area contributed by atoms with Gasteiger partial charge in [0.1, 0.15) is 12.4 Å². The minimum atomic E-state index is -0.159. The standard InChI is InChI=1S/C23H22ClN5O2S2/c1-14-4-5-15(2)19(10-14)31-11-20-27-28-23(29(20)3)33-13-21(30)26-22-25-18(12-32-22)16-6-8-17(24)9-7-16/h4-10,12H,11,13H2,1-3H3,(H,25,26,30). The Bertz CT molecular complexity index is 1270. The third kappa shape index (κ3) is 5.93. The molecule has 10 heteroatoms. The Morgan fingerprint density at radius 1 is 1.18 bits per heavy atom. The lowest BCUT2D eigenvalue weighted by atomic mass is 10.1. The van der Waals surface area contributed by atoms with Crippen molar-refractivity contribution < 1.29 is 9.53 Å². The number of anilines is 1. The molecular weight excluding hydrogens is 478 g/mol. The number of thiazole rings is 1. The molecule has 1 N–H and O–H groups in total. The van der Waals surface area contributed by atoms with E-state index in [9.17, 15) is 4.79 Å². The van der Waals surface area contributed by atoms with Crippen LogP contribution in [0.4, 0.5) is 5.13 Å². The van der Waals surface area contributed by atoms with Crippen LogP contribution in [0.25, 0.3) is 11.3 Å². The van der Waals surface area contributed by atoms with E-state index in [4.69, 9.17) is 16.3 Å². The van der Waals surface area contributed by atoms with Gasteiger partial charge in [0.05, 0.1) is 11.4 Å². The van der Waals surface area contributed by atoms with Gasteiger partial charge < -0.3 is 14.6 Å². The van der Waals surface area contributed by atoms with Crippen molar-refractivity contribution in [2.45, 2.75) is 25.6 Å². The summed E-state index contributed by atoms with van der Waals surface area (Å²) in [5, 5.41) is 15.0. The van der Waals surface area contributed by atoms with Gasteiger partial charge in [0.25, 0.3) is 0 Å². The van der Waals surface area contributed by atoms with Gasteiger partial charge >= 0.3 is 0 Å². The van der Waals surface area contributed by atoms with E-state index >= 15 is 0 Å². The highest BCUT2D eigenvalue weighted by Gasteiger charge is 2.14. The quantitative estimate of drug-likeness (QED) is 0.321. The molecule has 1 amide bonds. The Hall–Kier alpha value is -2.88. The zero-order valence-electron chi connectivity index (χ0n) is 18.3. The highest BCUT2D eigenvalue weighted by molar-refractivity contribution is 7.99. The summed E-state index contributed by atoms with van der Waals surface area (Å²) in [4.78, 5) is 16.9. The number of nitrogens with one attached hydrogen (secondary N) is 1. The number of ether oxygens (including phenoxy) is 1. The van der Waals surface area contributed by atoms with Crippen LogP contribution in [0.2, 0.25) is 5.02 Å². The summed E-state index contributed by atoms with van der Waals surface area (Å²) in [5.41, 5.74) is 3.94. The van der Waals surface area contributed by atoms with Crippen LogP contribution >= 0.6 is 34.7 Å². The largest absolute Gasteiger partial charge is 0.485 e. The molecular formula is C23H22ClN5O2S2. The van der Waals surface area contributed by atoms with Crippen LogP contribution in [0, 0.1) is 13.8 Å². The molecule has 33 heavy (non-hydrogen) atoms. The molecule has 0 aliphatic carbocycles. The third-order valence-corrected chi connectivity index (χ3v) is 6.88. The van der Waals surface area contributed by atoms with Gasteiger partial charge in [0, 0.05) is 23.0 Å². The summed E-state index contributed by atoms with van der Waals surface area (Å²) < 4.78 is 7.76. The molecule has 2 heterocycles. The number of carbonyl (C=O) groups excluding carboxylic acids is 1. The fourth-order valence-electron chi connectivity index (χ4n) is 2.97. The number of rotatable bonds is 8. The van der Waals surface area contributed by atoms with Gasteiger partial charge in [-0.1, -0.05) is 47.6 Å². The van der Waals surface area contributed by atoms with Crippen molar-refractivity contribution in [1.82, 2.24) is 19.7 Å². The number of benzene rings is 2. The minimum Gasteiger partial charge on any atom is -0.485 e. The number of carbonyl (C=O) groups is 1. The lowest BCUT2D eigenvalue weighted by Crippen LogP contribution is -2.14. The van der Waals surface area contributed by atoms with Crippen molar-refractivity contribution in [3.05, 3.63) is 69.8 Å². The van der Waals surface area contributed by atoms with Crippen molar-refractivity contribution in [3.8, 4) is 17.0 Å². The first kappa shape index (κ1) is 23.3. The summed E-state index contributed by atoms with van der Waals surface area (Å²) in [7, 11) is 1.86. The van der Waals surface area contributed by atoms with Gasteiger partial charge in [-0.2, -0.15) is 0 Å². The molecule has 0 aliphatic rings. The Morgan fingerprint density at radius 2 is 1.97 bits per heavy atom. The third-order valence-electron chi connectivity index (χ3n) is 4.85. The highest BCUT2D eigenvalue weighted by atomic mass is 35.5. The number of aromatic nitrogens is 4. The van der Waals surface area contributed by atoms with E-state index in [1.807, 2.05) is 67.2 Å². The normalized spacial score (nSPS) is 10.9. The SMILES string of the molecule is Cc1ccc(C)c(OCc2nnc(SCC(=O)Nc3nc(-c4ccc(Cl)cc4)cs3)n2C)c1. The highest BCUT2D eigenvalue weighted by Crippen LogP contribution is 2.26. The summed E-state index contributed by atoms with van der Waals surface area (Å²) in [5.74, 6) is 1.55. The predicted octanol–water partition coefficient (Wildman–Crippen LogP) is 5.52. The number of aryl methyl sites for hydroxylation is 2. The van der Waals surface area contributed by atoms with Gasteiger partial charge in [-0.25, -0.2) is 4.98 Å². The Kier molecular flexibility index (Phi) is 7.32. The molecule has 0 radical (unpaired) electrons. The molecule has 170 valence electrons. The van der Waals surface area contributed by atoms with E-state index < -0.39 is 0 Å². The fourth-order valence-corrected chi connectivity index (χ4v) is 4.56. The number of thioether (sulfide) groups is 1. The zero-order chi connectivity index (χ0) is 23.4. The summed E-state index contributed by atoms with van der Waals surface area (Å²) in [6, 6.07) is 13.5. The minimum absolute atomic E-state index is 0.159. The lowest BCUT2D eigenvalue weighted by Gasteiger charge is -2.09. The Morgan fingerprint density at radius 3 is 2.76 bits per heavy atom. The number of halogens is 1. The van der Waals surface area contributed by atoms with Crippen LogP contribution in [-0.2, 0) is 18.4 Å². The molecule has 0 fully saturated rings. The molecule has 0 bridgehead atoms. The molecule has 0 spiro atoms. The van der Waals surface area contributed by atoms with Gasteiger partial charge in [0.2, 0.25) is 5.91 Å². The number of hydrogen-bond donors (Lipinski definition) is 1. The van der Waals surface area contributed by atoms with Crippen LogP contribution in [0.15, 0.2) is 53.0 Å². The summed E-state index contributed by atoms with van der Waals surface area (Å²) in [6.45, 7) is 4.33. The van der Waals surface area contributed by atoms with Gasteiger partial charge in [-0.15, -0.1) is 21.5 Å². The molecule has 0 atom stereocenters. The maximum Gasteiger partial charge on any atom is 0.236 e. The van der Waals surface area contributed by atoms with E-state index in [1.54, 1.807) is 0 Å². The van der Waals surface area contributed by atoms with E-state index in [0.717, 1.165) is 28.1 Å². The van der Waals surface area contributed by atoms with Crippen LogP contribution in [0.3, 0.4) is 0 Å². The van der Waals surface area contributed by atoms with Crippen LogP contribution in [-0.4, -0.2) is 31.4 Å². The predicted molar refractivity (Wildman–Crippen MR) is 133 cm³/mol. The number of amides is 1. The second kappa shape index (κ2) is 10.4. The molecule has 0 saturated heterocycles. The van der Waals surface area contributed by atoms with Gasteiger partial charge in [0.15, 0.2) is 16.1 Å². The molecule has 2 aromatic carbocycles.